The lowest BCUT2D eigenvalue weighted by atomic mass is 10.1. The lowest BCUT2D eigenvalue weighted by molar-refractivity contribution is -0.128. The number of ether oxygens (including phenoxy) is 1. The molecule has 0 bridgehead atoms. The van der Waals surface area contributed by atoms with E-state index in [9.17, 15) is 9.59 Å². The van der Waals surface area contributed by atoms with E-state index in [1.54, 1.807) is 13.2 Å². The highest BCUT2D eigenvalue weighted by molar-refractivity contribution is 7.22. The zero-order chi connectivity index (χ0) is 18.8. The predicted octanol–water partition coefficient (Wildman–Crippen LogP) is 3.68. The van der Waals surface area contributed by atoms with Gasteiger partial charge in [-0.25, -0.2) is 4.98 Å². The number of thiazole rings is 1. The number of nitrogens with one attached hydrogen (secondary N) is 1. The Bertz CT molecular complexity index is 1010. The summed E-state index contributed by atoms with van der Waals surface area (Å²) in [7, 11) is 1.60. The van der Waals surface area contributed by atoms with Crippen LogP contribution in [0.2, 0.25) is 0 Å². The Kier molecular flexibility index (Phi) is 4.77. The molecule has 1 fully saturated rings. The molecule has 27 heavy (non-hydrogen) atoms. The number of carbonyl (C=O) groups excluding carboxylic acids is 2. The standard InChI is InChI=1S/C20H19N3O3S/c1-26-15-7-3-8-16-18(15)21-20(27-16)22-19(25)14-6-2-5-13(11-14)12-23-10-4-9-17(23)24/h2-3,5-8,11H,4,9-10,12H2,1H3,(H,21,22,25). The highest BCUT2D eigenvalue weighted by Crippen LogP contribution is 2.32. The van der Waals surface area contributed by atoms with E-state index in [1.807, 2.05) is 41.3 Å². The minimum absolute atomic E-state index is 0.174. The van der Waals surface area contributed by atoms with Crippen molar-refractivity contribution in [2.45, 2.75) is 19.4 Å². The van der Waals surface area contributed by atoms with Crippen molar-refractivity contribution in [2.24, 2.45) is 0 Å². The van der Waals surface area contributed by atoms with E-state index >= 15 is 0 Å². The highest BCUT2D eigenvalue weighted by Gasteiger charge is 2.20. The molecule has 0 unspecified atom stereocenters. The van der Waals surface area contributed by atoms with Crippen molar-refractivity contribution in [3.63, 3.8) is 0 Å². The molecule has 0 saturated carbocycles. The van der Waals surface area contributed by atoms with Crippen molar-refractivity contribution >= 4 is 38.5 Å². The minimum Gasteiger partial charge on any atom is -0.494 e. The number of likely N-dealkylation sites (tertiary alicyclic amines) is 1. The summed E-state index contributed by atoms with van der Waals surface area (Å²) in [5.74, 6) is 0.637. The van der Waals surface area contributed by atoms with Gasteiger partial charge in [0.2, 0.25) is 5.91 Å². The Labute approximate surface area is 160 Å². The van der Waals surface area contributed by atoms with Gasteiger partial charge in [0, 0.05) is 25.1 Å². The van der Waals surface area contributed by atoms with Crippen LogP contribution in [-0.2, 0) is 11.3 Å². The smallest absolute Gasteiger partial charge is 0.257 e. The molecule has 7 heteroatoms. The third kappa shape index (κ3) is 3.64. The van der Waals surface area contributed by atoms with Gasteiger partial charge in [0.1, 0.15) is 11.3 Å². The van der Waals surface area contributed by atoms with Gasteiger partial charge in [0.25, 0.3) is 5.91 Å². The fourth-order valence-corrected chi connectivity index (χ4v) is 4.09. The van der Waals surface area contributed by atoms with E-state index in [4.69, 9.17) is 4.74 Å². The van der Waals surface area contributed by atoms with Gasteiger partial charge in [-0.05, 0) is 36.2 Å². The molecule has 0 atom stereocenters. The molecular formula is C20H19N3O3S. The van der Waals surface area contributed by atoms with Gasteiger partial charge in [-0.3, -0.25) is 14.9 Å². The number of aromatic nitrogens is 1. The average molecular weight is 381 g/mol. The summed E-state index contributed by atoms with van der Waals surface area (Å²) in [4.78, 5) is 30.8. The first-order chi connectivity index (χ1) is 13.1. The van der Waals surface area contributed by atoms with Crippen molar-refractivity contribution in [1.29, 1.82) is 0 Å². The molecule has 6 nitrogen and oxygen atoms in total. The Hall–Kier alpha value is -2.93. The Morgan fingerprint density at radius 3 is 2.93 bits per heavy atom. The van der Waals surface area contributed by atoms with Crippen LogP contribution in [0.25, 0.3) is 10.2 Å². The molecule has 1 saturated heterocycles. The number of rotatable bonds is 5. The summed E-state index contributed by atoms with van der Waals surface area (Å²) in [5.41, 5.74) is 2.23. The fraction of sp³-hybridized carbons (Fsp3) is 0.250. The second kappa shape index (κ2) is 7.36. The van der Waals surface area contributed by atoms with Crippen LogP contribution in [0, 0.1) is 0 Å². The highest BCUT2D eigenvalue weighted by atomic mass is 32.1. The van der Waals surface area contributed by atoms with Crippen LogP contribution in [0.1, 0.15) is 28.8 Å². The maximum atomic E-state index is 12.6. The van der Waals surface area contributed by atoms with Crippen molar-refractivity contribution < 1.29 is 14.3 Å². The number of amides is 2. The number of fused-ring (bicyclic) bond motifs is 1. The van der Waals surface area contributed by atoms with Crippen LogP contribution in [0.15, 0.2) is 42.5 Å². The van der Waals surface area contributed by atoms with Gasteiger partial charge in [-0.2, -0.15) is 0 Å². The summed E-state index contributed by atoms with van der Waals surface area (Å²) in [6, 6.07) is 13.0. The van der Waals surface area contributed by atoms with E-state index in [0.29, 0.717) is 29.4 Å². The van der Waals surface area contributed by atoms with Crippen LogP contribution in [-0.4, -0.2) is 35.4 Å². The summed E-state index contributed by atoms with van der Waals surface area (Å²) >= 11 is 1.40. The normalized spacial score (nSPS) is 14.0. The van der Waals surface area contributed by atoms with Crippen LogP contribution in [0.5, 0.6) is 5.75 Å². The van der Waals surface area contributed by atoms with Crippen molar-refractivity contribution in [2.75, 3.05) is 19.0 Å². The number of carbonyl (C=O) groups is 2. The largest absolute Gasteiger partial charge is 0.494 e. The fourth-order valence-electron chi connectivity index (χ4n) is 3.21. The number of para-hydroxylation sites is 1. The molecule has 1 aliphatic heterocycles. The van der Waals surface area contributed by atoms with E-state index in [-0.39, 0.29) is 11.8 Å². The number of hydrogen-bond acceptors (Lipinski definition) is 5. The third-order valence-corrected chi connectivity index (χ3v) is 5.49. The van der Waals surface area contributed by atoms with Crippen molar-refractivity contribution in [3.05, 3.63) is 53.6 Å². The van der Waals surface area contributed by atoms with Crippen molar-refractivity contribution in [3.8, 4) is 5.75 Å². The summed E-state index contributed by atoms with van der Waals surface area (Å²) in [6.45, 7) is 1.32. The first kappa shape index (κ1) is 17.5. The molecule has 1 N–H and O–H groups in total. The van der Waals surface area contributed by atoms with Gasteiger partial charge < -0.3 is 9.64 Å². The molecular weight excluding hydrogens is 362 g/mol. The number of benzene rings is 2. The summed E-state index contributed by atoms with van der Waals surface area (Å²) < 4.78 is 6.27. The second-order valence-corrected chi connectivity index (χ2v) is 7.43. The van der Waals surface area contributed by atoms with E-state index in [0.717, 1.165) is 28.7 Å². The molecule has 2 amide bonds. The number of hydrogen-bond donors (Lipinski definition) is 1. The minimum atomic E-state index is -0.220. The second-order valence-electron chi connectivity index (χ2n) is 6.40. The quantitative estimate of drug-likeness (QED) is 0.732. The molecule has 3 aromatic rings. The number of nitrogens with zero attached hydrogens (tertiary/aromatic N) is 2. The van der Waals surface area contributed by atoms with Gasteiger partial charge in [-0.1, -0.05) is 29.5 Å². The molecule has 138 valence electrons. The van der Waals surface area contributed by atoms with Gasteiger partial charge >= 0.3 is 0 Å². The monoisotopic (exact) mass is 381 g/mol. The Morgan fingerprint density at radius 2 is 2.15 bits per heavy atom. The first-order valence-electron chi connectivity index (χ1n) is 8.75. The topological polar surface area (TPSA) is 71.5 Å². The molecule has 1 aliphatic rings. The molecule has 0 radical (unpaired) electrons. The van der Waals surface area contributed by atoms with E-state index in [2.05, 4.69) is 10.3 Å². The number of methoxy groups -OCH3 is 1. The summed E-state index contributed by atoms with van der Waals surface area (Å²) in [6.07, 6.45) is 1.52. The maximum Gasteiger partial charge on any atom is 0.257 e. The lowest BCUT2D eigenvalue weighted by Gasteiger charge is -2.15. The van der Waals surface area contributed by atoms with Gasteiger partial charge in [0.15, 0.2) is 5.13 Å². The van der Waals surface area contributed by atoms with Gasteiger partial charge in [-0.15, -0.1) is 0 Å². The average Bonchev–Trinajstić information content (AvgIpc) is 3.27. The summed E-state index contributed by atoms with van der Waals surface area (Å²) in [5, 5.41) is 3.39. The lowest BCUT2D eigenvalue weighted by Crippen LogP contribution is -2.24. The zero-order valence-electron chi connectivity index (χ0n) is 14.9. The molecule has 4 rings (SSSR count). The van der Waals surface area contributed by atoms with Crippen LogP contribution >= 0.6 is 11.3 Å². The molecule has 1 aromatic heterocycles. The zero-order valence-corrected chi connectivity index (χ0v) is 15.7. The maximum absolute atomic E-state index is 12.6. The molecule has 0 spiro atoms. The van der Waals surface area contributed by atoms with Crippen LogP contribution < -0.4 is 10.1 Å². The van der Waals surface area contributed by atoms with Crippen LogP contribution in [0.3, 0.4) is 0 Å². The van der Waals surface area contributed by atoms with E-state index < -0.39 is 0 Å². The SMILES string of the molecule is COc1cccc2sc(NC(=O)c3cccc(CN4CCCC4=O)c3)nc12. The Morgan fingerprint density at radius 1 is 1.30 bits per heavy atom. The molecule has 2 aromatic carbocycles. The molecule has 2 heterocycles. The first-order valence-corrected chi connectivity index (χ1v) is 9.57. The van der Waals surface area contributed by atoms with Crippen LogP contribution in [0.4, 0.5) is 5.13 Å². The van der Waals surface area contributed by atoms with E-state index in [1.165, 1.54) is 11.3 Å². The Balaban J connectivity index is 1.51. The predicted molar refractivity (Wildman–Crippen MR) is 105 cm³/mol. The van der Waals surface area contributed by atoms with Gasteiger partial charge in [0.05, 0.1) is 11.8 Å². The third-order valence-electron chi connectivity index (χ3n) is 4.56. The molecule has 0 aliphatic carbocycles. The van der Waals surface area contributed by atoms with Crippen molar-refractivity contribution in [1.82, 2.24) is 9.88 Å². The number of anilines is 1.